The topological polar surface area (TPSA) is 72.4 Å². The van der Waals surface area contributed by atoms with Gasteiger partial charge in [-0.2, -0.15) is 0 Å². The van der Waals surface area contributed by atoms with Crippen molar-refractivity contribution >= 4 is 17.5 Å². The van der Waals surface area contributed by atoms with E-state index < -0.39 is 0 Å². The highest BCUT2D eigenvalue weighted by atomic mass is 35.5. The van der Waals surface area contributed by atoms with Crippen LogP contribution in [0.25, 0.3) is 11.3 Å². The van der Waals surface area contributed by atoms with Crippen LogP contribution in [0.1, 0.15) is 17.4 Å². The molecular formula is C14H16ClN3O2. The van der Waals surface area contributed by atoms with Crippen molar-refractivity contribution in [3.8, 4) is 11.3 Å². The predicted molar refractivity (Wildman–Crippen MR) is 77.6 cm³/mol. The molecule has 0 aliphatic carbocycles. The number of nitrogens with two attached hydrogens (primary N) is 1. The van der Waals surface area contributed by atoms with Gasteiger partial charge in [0, 0.05) is 36.3 Å². The molecular weight excluding hydrogens is 278 g/mol. The van der Waals surface area contributed by atoms with E-state index in [0.717, 1.165) is 5.56 Å². The Balaban J connectivity index is 2.20. The highest BCUT2D eigenvalue weighted by molar-refractivity contribution is 6.30. The summed E-state index contributed by atoms with van der Waals surface area (Å²) in [7, 11) is 1.69. The van der Waals surface area contributed by atoms with E-state index in [0.29, 0.717) is 17.3 Å². The number of benzene rings is 1. The molecule has 5 nitrogen and oxygen atoms in total. The zero-order valence-electron chi connectivity index (χ0n) is 11.3. The van der Waals surface area contributed by atoms with Crippen molar-refractivity contribution in [1.82, 2.24) is 10.1 Å². The summed E-state index contributed by atoms with van der Waals surface area (Å²) in [6, 6.07) is 8.68. The van der Waals surface area contributed by atoms with Crippen molar-refractivity contribution in [3.63, 3.8) is 0 Å². The number of rotatable bonds is 4. The van der Waals surface area contributed by atoms with Crippen molar-refractivity contribution in [2.45, 2.75) is 13.0 Å². The maximum absolute atomic E-state index is 12.2. The van der Waals surface area contributed by atoms with Crippen LogP contribution in [0.4, 0.5) is 0 Å². The lowest BCUT2D eigenvalue weighted by molar-refractivity contribution is 0.0738. The predicted octanol–water partition coefficient (Wildman–Crippen LogP) is 2.41. The van der Waals surface area contributed by atoms with Crippen LogP contribution in [0, 0.1) is 0 Å². The highest BCUT2D eigenvalue weighted by Crippen LogP contribution is 2.22. The van der Waals surface area contributed by atoms with Gasteiger partial charge < -0.3 is 15.2 Å². The Bertz CT molecular complexity index is 595. The molecule has 0 saturated heterocycles. The number of aromatic nitrogens is 1. The summed E-state index contributed by atoms with van der Waals surface area (Å²) in [6.45, 7) is 2.27. The van der Waals surface area contributed by atoms with E-state index in [1.165, 1.54) is 0 Å². The molecule has 1 heterocycles. The van der Waals surface area contributed by atoms with E-state index in [1.54, 1.807) is 30.1 Å². The van der Waals surface area contributed by atoms with Gasteiger partial charge in [-0.05, 0) is 31.2 Å². The summed E-state index contributed by atoms with van der Waals surface area (Å²) in [5, 5.41) is 4.45. The van der Waals surface area contributed by atoms with Crippen molar-refractivity contribution < 1.29 is 9.32 Å². The van der Waals surface area contributed by atoms with Gasteiger partial charge in [0.2, 0.25) is 0 Å². The molecule has 2 aromatic rings. The quantitative estimate of drug-likeness (QED) is 0.939. The fourth-order valence-corrected chi connectivity index (χ4v) is 1.79. The van der Waals surface area contributed by atoms with Crippen LogP contribution in [0.2, 0.25) is 5.02 Å². The minimum Gasteiger partial charge on any atom is -0.355 e. The Hall–Kier alpha value is -1.85. The van der Waals surface area contributed by atoms with E-state index >= 15 is 0 Å². The smallest absolute Gasteiger partial charge is 0.276 e. The van der Waals surface area contributed by atoms with E-state index in [2.05, 4.69) is 5.16 Å². The Morgan fingerprint density at radius 1 is 1.45 bits per heavy atom. The van der Waals surface area contributed by atoms with Gasteiger partial charge in [-0.1, -0.05) is 16.8 Å². The Kier molecular flexibility index (Phi) is 4.42. The molecule has 1 atom stereocenters. The number of likely N-dealkylation sites (N-methyl/N-ethyl adjacent to an activating group) is 1. The molecule has 1 amide bonds. The van der Waals surface area contributed by atoms with Gasteiger partial charge >= 0.3 is 0 Å². The number of hydrogen-bond acceptors (Lipinski definition) is 4. The molecule has 0 aliphatic heterocycles. The molecule has 20 heavy (non-hydrogen) atoms. The first kappa shape index (κ1) is 14.6. The van der Waals surface area contributed by atoms with Crippen LogP contribution in [0.15, 0.2) is 34.9 Å². The molecule has 1 aromatic carbocycles. The van der Waals surface area contributed by atoms with Crippen LogP contribution in [-0.2, 0) is 0 Å². The van der Waals surface area contributed by atoms with Gasteiger partial charge in [-0.15, -0.1) is 0 Å². The number of amides is 1. The number of hydrogen-bond donors (Lipinski definition) is 1. The molecule has 0 radical (unpaired) electrons. The van der Waals surface area contributed by atoms with Crippen LogP contribution in [-0.4, -0.2) is 35.6 Å². The van der Waals surface area contributed by atoms with Gasteiger partial charge in [-0.25, -0.2) is 0 Å². The maximum atomic E-state index is 12.2. The van der Waals surface area contributed by atoms with Gasteiger partial charge in [0.15, 0.2) is 11.5 Å². The number of carbonyl (C=O) groups is 1. The van der Waals surface area contributed by atoms with Crippen LogP contribution in [0.5, 0.6) is 0 Å². The number of nitrogens with zero attached hydrogens (tertiary/aromatic N) is 2. The molecule has 0 aliphatic rings. The van der Waals surface area contributed by atoms with E-state index in [9.17, 15) is 4.79 Å². The molecule has 0 spiro atoms. The lowest BCUT2D eigenvalue weighted by atomic mass is 10.1. The number of halogens is 1. The molecule has 2 N–H and O–H groups in total. The molecule has 1 aromatic heterocycles. The van der Waals surface area contributed by atoms with Crippen molar-refractivity contribution in [3.05, 3.63) is 41.0 Å². The lowest BCUT2D eigenvalue weighted by Crippen LogP contribution is -2.39. The molecule has 0 fully saturated rings. The summed E-state index contributed by atoms with van der Waals surface area (Å²) in [5.41, 5.74) is 6.63. The average molecular weight is 294 g/mol. The first-order valence-corrected chi connectivity index (χ1v) is 6.60. The first-order valence-electron chi connectivity index (χ1n) is 6.22. The van der Waals surface area contributed by atoms with Gasteiger partial charge in [0.1, 0.15) is 0 Å². The van der Waals surface area contributed by atoms with E-state index in [4.69, 9.17) is 21.9 Å². The molecule has 0 bridgehead atoms. The van der Waals surface area contributed by atoms with Crippen LogP contribution < -0.4 is 5.73 Å². The summed E-state index contributed by atoms with van der Waals surface area (Å²) >= 11 is 5.83. The molecule has 1 unspecified atom stereocenters. The number of carbonyl (C=O) groups excluding carboxylic acids is 1. The van der Waals surface area contributed by atoms with Crippen molar-refractivity contribution in [2.75, 3.05) is 13.6 Å². The zero-order chi connectivity index (χ0) is 14.7. The first-order chi connectivity index (χ1) is 9.52. The molecule has 6 heteroatoms. The average Bonchev–Trinajstić information content (AvgIpc) is 2.95. The monoisotopic (exact) mass is 293 g/mol. The van der Waals surface area contributed by atoms with Gasteiger partial charge in [0.05, 0.1) is 0 Å². The Morgan fingerprint density at radius 3 is 2.70 bits per heavy atom. The summed E-state index contributed by atoms with van der Waals surface area (Å²) < 4.78 is 5.20. The third-order valence-corrected chi connectivity index (χ3v) is 3.43. The van der Waals surface area contributed by atoms with Crippen LogP contribution in [0.3, 0.4) is 0 Å². The largest absolute Gasteiger partial charge is 0.355 e. The van der Waals surface area contributed by atoms with Crippen molar-refractivity contribution in [2.24, 2.45) is 5.73 Å². The molecule has 106 valence electrons. The minimum absolute atomic E-state index is 0.0572. The third kappa shape index (κ3) is 3.00. The molecule has 0 saturated carbocycles. The summed E-state index contributed by atoms with van der Waals surface area (Å²) in [4.78, 5) is 13.7. The van der Waals surface area contributed by atoms with E-state index in [-0.39, 0.29) is 17.6 Å². The Labute approximate surface area is 122 Å². The fraction of sp³-hybridized carbons (Fsp3) is 0.286. The fourth-order valence-electron chi connectivity index (χ4n) is 1.67. The zero-order valence-corrected chi connectivity index (χ0v) is 12.1. The van der Waals surface area contributed by atoms with Gasteiger partial charge in [-0.3, -0.25) is 4.79 Å². The second-order valence-electron chi connectivity index (χ2n) is 4.58. The van der Waals surface area contributed by atoms with Gasteiger partial charge in [0.25, 0.3) is 5.91 Å². The SMILES string of the molecule is CC(CN)N(C)C(=O)c1cc(-c2ccc(Cl)cc2)on1. The minimum atomic E-state index is -0.216. The third-order valence-electron chi connectivity index (χ3n) is 3.18. The second kappa shape index (κ2) is 6.07. The summed E-state index contributed by atoms with van der Waals surface area (Å²) in [5.74, 6) is 0.311. The van der Waals surface area contributed by atoms with Crippen LogP contribution >= 0.6 is 11.6 Å². The normalized spacial score (nSPS) is 12.2. The standard InChI is InChI=1S/C14H16ClN3O2/c1-9(8-16)18(2)14(19)12-7-13(20-17-12)10-3-5-11(15)6-4-10/h3-7,9H,8,16H2,1-2H3. The van der Waals surface area contributed by atoms with Crippen molar-refractivity contribution in [1.29, 1.82) is 0 Å². The maximum Gasteiger partial charge on any atom is 0.276 e. The summed E-state index contributed by atoms with van der Waals surface area (Å²) in [6.07, 6.45) is 0. The highest BCUT2D eigenvalue weighted by Gasteiger charge is 2.20. The Morgan fingerprint density at radius 2 is 2.10 bits per heavy atom. The second-order valence-corrected chi connectivity index (χ2v) is 5.02. The molecule has 2 rings (SSSR count). The van der Waals surface area contributed by atoms with E-state index in [1.807, 2.05) is 19.1 Å². The lowest BCUT2D eigenvalue weighted by Gasteiger charge is -2.22.